The zero-order valence-corrected chi connectivity index (χ0v) is 10.8. The van der Waals surface area contributed by atoms with Gasteiger partial charge in [-0.3, -0.25) is 0 Å². The van der Waals surface area contributed by atoms with Crippen LogP contribution in [0.15, 0.2) is 18.2 Å². The predicted octanol–water partition coefficient (Wildman–Crippen LogP) is 1.30. The zero-order valence-electron chi connectivity index (χ0n) is 9.19. The first-order valence-corrected chi connectivity index (χ1v) is 6.71. The molecule has 0 bridgehead atoms. The third-order valence-electron chi connectivity index (χ3n) is 2.00. The molecule has 0 aliphatic heterocycles. The number of hydrogen-bond donors (Lipinski definition) is 1. The van der Waals surface area contributed by atoms with E-state index in [1.165, 1.54) is 6.07 Å². The van der Waals surface area contributed by atoms with Gasteiger partial charge in [-0.25, -0.2) is 17.2 Å². The average molecular weight is 286 g/mol. The second-order valence-electron chi connectivity index (χ2n) is 3.81. The minimum absolute atomic E-state index is 0. The first kappa shape index (κ1) is 16.3. The molecule has 0 aliphatic rings. The minimum Gasteiger partial charge on any atom is -0.326 e. The maximum Gasteiger partial charge on any atom is 0.159 e. The fourth-order valence-electron chi connectivity index (χ4n) is 1.42. The van der Waals surface area contributed by atoms with Crippen molar-refractivity contribution in [3.8, 4) is 0 Å². The molecule has 0 heterocycles. The average Bonchev–Trinajstić information content (AvgIpc) is 2.08. The van der Waals surface area contributed by atoms with E-state index in [0.717, 1.165) is 18.4 Å². The summed E-state index contributed by atoms with van der Waals surface area (Å²) in [6, 6.07) is 2.80. The number of nitrogens with two attached hydrogens (primary N) is 1. The van der Waals surface area contributed by atoms with Crippen LogP contribution < -0.4 is 5.73 Å². The van der Waals surface area contributed by atoms with Crippen LogP contribution in [0.3, 0.4) is 0 Å². The van der Waals surface area contributed by atoms with Crippen molar-refractivity contribution in [2.45, 2.75) is 12.5 Å². The molecule has 7 heteroatoms. The van der Waals surface area contributed by atoms with Gasteiger partial charge in [0.25, 0.3) is 0 Å². The van der Waals surface area contributed by atoms with Crippen LogP contribution in [-0.4, -0.2) is 26.5 Å². The van der Waals surface area contributed by atoms with Crippen molar-refractivity contribution in [3.63, 3.8) is 0 Å². The Kier molecular flexibility index (Phi) is 6.01. The van der Waals surface area contributed by atoms with E-state index in [2.05, 4.69) is 0 Å². The summed E-state index contributed by atoms with van der Waals surface area (Å²) in [7, 11) is -3.15. The van der Waals surface area contributed by atoms with E-state index in [1.807, 2.05) is 0 Å². The third-order valence-corrected chi connectivity index (χ3v) is 3.03. The summed E-state index contributed by atoms with van der Waals surface area (Å²) in [5.74, 6) is -2.06. The van der Waals surface area contributed by atoms with E-state index in [-0.39, 0.29) is 24.6 Å². The lowest BCUT2D eigenvalue weighted by Crippen LogP contribution is -2.31. The van der Waals surface area contributed by atoms with Crippen LogP contribution >= 0.6 is 12.4 Å². The molecule has 1 aromatic rings. The van der Waals surface area contributed by atoms with E-state index in [4.69, 9.17) is 5.73 Å². The van der Waals surface area contributed by atoms with Crippen molar-refractivity contribution >= 4 is 22.2 Å². The summed E-state index contributed by atoms with van der Waals surface area (Å²) in [4.78, 5) is 0. The monoisotopic (exact) mass is 285 g/mol. The van der Waals surface area contributed by atoms with Gasteiger partial charge in [0.2, 0.25) is 0 Å². The maximum absolute atomic E-state index is 12.8. The Labute approximate surface area is 105 Å². The van der Waals surface area contributed by atoms with Crippen molar-refractivity contribution in [1.29, 1.82) is 0 Å². The normalized spacial score (nSPS) is 12.9. The number of hydrogen-bond acceptors (Lipinski definition) is 3. The molecule has 1 atom stereocenters. The molecule has 0 radical (unpaired) electrons. The number of halogens is 3. The molecular formula is C10H14ClF2NO2S. The highest BCUT2D eigenvalue weighted by molar-refractivity contribution is 7.90. The van der Waals surface area contributed by atoms with Crippen molar-refractivity contribution in [2.24, 2.45) is 5.73 Å². The first-order chi connectivity index (χ1) is 7.28. The van der Waals surface area contributed by atoms with Crippen molar-refractivity contribution in [3.05, 3.63) is 35.4 Å². The lowest BCUT2D eigenvalue weighted by molar-refractivity contribution is 0.506. The summed E-state index contributed by atoms with van der Waals surface area (Å²) in [5.41, 5.74) is 6.07. The Balaban J connectivity index is 0.00000256. The van der Waals surface area contributed by atoms with Crippen LogP contribution in [0, 0.1) is 11.6 Å². The Bertz CT molecular complexity index is 479. The maximum atomic E-state index is 12.8. The number of sulfone groups is 1. The second kappa shape index (κ2) is 6.28. The molecule has 0 aliphatic carbocycles. The summed E-state index contributed by atoms with van der Waals surface area (Å²) in [6.45, 7) is 0. The summed E-state index contributed by atoms with van der Waals surface area (Å²) in [6.07, 6.45) is 1.28. The fraction of sp³-hybridized carbons (Fsp3) is 0.400. The summed E-state index contributed by atoms with van der Waals surface area (Å²) < 4.78 is 47.3. The highest BCUT2D eigenvalue weighted by atomic mass is 35.5. The molecule has 0 saturated carbocycles. The highest BCUT2D eigenvalue weighted by Gasteiger charge is 2.12. The molecule has 0 unspecified atom stereocenters. The molecule has 3 nitrogen and oxygen atoms in total. The molecule has 0 fully saturated rings. The lowest BCUT2D eigenvalue weighted by atomic mass is 10.1. The SMILES string of the molecule is CS(=O)(=O)C[C@H](N)Cc1ccc(F)c(F)c1.Cl. The molecular weight excluding hydrogens is 272 g/mol. The summed E-state index contributed by atoms with van der Waals surface area (Å²) >= 11 is 0. The van der Waals surface area contributed by atoms with Crippen molar-refractivity contribution in [2.75, 3.05) is 12.0 Å². The van der Waals surface area contributed by atoms with Crippen molar-refractivity contribution in [1.82, 2.24) is 0 Å². The largest absolute Gasteiger partial charge is 0.326 e. The van der Waals surface area contributed by atoms with Crippen LogP contribution in [0.2, 0.25) is 0 Å². The molecule has 0 aromatic heterocycles. The van der Waals surface area contributed by atoms with Crippen molar-refractivity contribution < 1.29 is 17.2 Å². The van der Waals surface area contributed by atoms with Gasteiger partial charge in [-0.1, -0.05) is 6.07 Å². The predicted molar refractivity (Wildman–Crippen MR) is 65.0 cm³/mol. The van der Waals surface area contributed by atoms with Gasteiger partial charge in [0.05, 0.1) is 5.75 Å². The first-order valence-electron chi connectivity index (χ1n) is 4.65. The quantitative estimate of drug-likeness (QED) is 0.907. The highest BCUT2D eigenvalue weighted by Crippen LogP contribution is 2.10. The molecule has 2 N–H and O–H groups in total. The zero-order chi connectivity index (χ0) is 12.3. The van der Waals surface area contributed by atoms with Gasteiger partial charge in [-0.05, 0) is 24.1 Å². The Morgan fingerprint density at radius 3 is 2.35 bits per heavy atom. The van der Waals surface area contributed by atoms with Crippen LogP contribution in [-0.2, 0) is 16.3 Å². The smallest absolute Gasteiger partial charge is 0.159 e. The van der Waals surface area contributed by atoms with Crippen LogP contribution in [0.25, 0.3) is 0 Å². The van der Waals surface area contributed by atoms with Gasteiger partial charge in [-0.2, -0.15) is 0 Å². The van der Waals surface area contributed by atoms with Gasteiger partial charge in [0.1, 0.15) is 9.84 Å². The van der Waals surface area contributed by atoms with E-state index in [0.29, 0.717) is 5.56 Å². The standard InChI is InChI=1S/C10H13F2NO2S.ClH/c1-16(14,15)6-8(13)4-7-2-3-9(11)10(12)5-7;/h2-3,5,8H,4,6,13H2,1H3;1H/t8-;/m1./s1. The van der Waals surface area contributed by atoms with E-state index in [9.17, 15) is 17.2 Å². The molecule has 1 rings (SSSR count). The van der Waals surface area contributed by atoms with E-state index >= 15 is 0 Å². The van der Waals surface area contributed by atoms with E-state index in [1.54, 1.807) is 0 Å². The van der Waals surface area contributed by atoms with Crippen LogP contribution in [0.4, 0.5) is 8.78 Å². The van der Waals surface area contributed by atoms with Gasteiger partial charge >= 0.3 is 0 Å². The summed E-state index contributed by atoms with van der Waals surface area (Å²) in [5, 5.41) is 0. The third kappa shape index (κ3) is 5.95. The van der Waals surface area contributed by atoms with Gasteiger partial charge in [0, 0.05) is 12.3 Å². The molecule has 98 valence electrons. The Morgan fingerprint density at radius 1 is 1.29 bits per heavy atom. The van der Waals surface area contributed by atoms with Crippen LogP contribution in [0.5, 0.6) is 0 Å². The van der Waals surface area contributed by atoms with E-state index < -0.39 is 27.5 Å². The van der Waals surface area contributed by atoms with Gasteiger partial charge in [-0.15, -0.1) is 12.4 Å². The molecule has 0 amide bonds. The Hall–Kier alpha value is -0.720. The molecule has 17 heavy (non-hydrogen) atoms. The Morgan fingerprint density at radius 2 is 1.88 bits per heavy atom. The second-order valence-corrected chi connectivity index (χ2v) is 5.99. The topological polar surface area (TPSA) is 60.2 Å². The van der Waals surface area contributed by atoms with Gasteiger partial charge in [0.15, 0.2) is 11.6 Å². The lowest BCUT2D eigenvalue weighted by Gasteiger charge is -2.10. The van der Waals surface area contributed by atoms with Crippen LogP contribution in [0.1, 0.15) is 5.56 Å². The molecule has 0 spiro atoms. The molecule has 1 aromatic carbocycles. The fourth-order valence-corrected chi connectivity index (χ4v) is 2.31. The van der Waals surface area contributed by atoms with Gasteiger partial charge < -0.3 is 5.73 Å². The number of rotatable bonds is 4. The molecule has 0 saturated heterocycles. The number of benzene rings is 1. The minimum atomic E-state index is -3.15.